The number of nitrogens with zero attached hydrogens (tertiary/aromatic N) is 3. The van der Waals surface area contributed by atoms with Gasteiger partial charge in [0.15, 0.2) is 5.82 Å². The molecular weight excluding hydrogens is 322 g/mol. The molecule has 4 rings (SSSR count). The number of benzene rings is 1. The van der Waals surface area contributed by atoms with Crippen LogP contribution in [0.2, 0.25) is 0 Å². The average Bonchev–Trinajstić information content (AvgIpc) is 3.21. The number of anilines is 1. The van der Waals surface area contributed by atoms with E-state index in [2.05, 4.69) is 10.1 Å². The summed E-state index contributed by atoms with van der Waals surface area (Å²) in [6, 6.07) is 7.20. The first-order valence-corrected chi connectivity index (χ1v) is 8.58. The summed E-state index contributed by atoms with van der Waals surface area (Å²) in [6.45, 7) is 0.194. The molecule has 0 bridgehead atoms. The predicted octanol–water partition coefficient (Wildman–Crippen LogP) is 2.48. The van der Waals surface area contributed by atoms with Crippen LogP contribution in [0.15, 0.2) is 28.8 Å². The fourth-order valence-corrected chi connectivity index (χ4v) is 3.26. The van der Waals surface area contributed by atoms with E-state index in [1.165, 1.54) is 0 Å². The predicted molar refractivity (Wildman–Crippen MR) is 88.4 cm³/mol. The number of hydrogen-bond donors (Lipinski definition) is 1. The lowest BCUT2D eigenvalue weighted by Crippen LogP contribution is -2.31. The summed E-state index contributed by atoms with van der Waals surface area (Å²) >= 11 is 0. The molecule has 1 aliphatic carbocycles. The number of amides is 1. The van der Waals surface area contributed by atoms with E-state index in [4.69, 9.17) is 4.52 Å². The van der Waals surface area contributed by atoms with E-state index in [1.807, 2.05) is 6.07 Å². The van der Waals surface area contributed by atoms with Gasteiger partial charge in [0.1, 0.15) is 5.92 Å². The number of rotatable bonds is 6. The fourth-order valence-electron chi connectivity index (χ4n) is 3.26. The normalized spacial score (nSPS) is 19.0. The summed E-state index contributed by atoms with van der Waals surface area (Å²) in [4.78, 5) is 29.9. The first kappa shape index (κ1) is 15.8. The number of carbonyl (C=O) groups is 2. The average molecular weight is 341 g/mol. The van der Waals surface area contributed by atoms with Crippen LogP contribution in [0.1, 0.15) is 54.8 Å². The van der Waals surface area contributed by atoms with E-state index < -0.39 is 11.9 Å². The van der Waals surface area contributed by atoms with Crippen molar-refractivity contribution in [1.82, 2.24) is 10.1 Å². The maximum absolute atomic E-state index is 12.6. The largest absolute Gasteiger partial charge is 0.481 e. The molecule has 1 aromatic carbocycles. The fraction of sp³-hybridized carbons (Fsp3) is 0.444. The van der Waals surface area contributed by atoms with Gasteiger partial charge >= 0.3 is 5.97 Å². The van der Waals surface area contributed by atoms with Crippen molar-refractivity contribution in [3.63, 3.8) is 0 Å². The highest BCUT2D eigenvalue weighted by Gasteiger charge is 2.36. The maximum atomic E-state index is 12.6. The Bertz CT molecular complexity index is 812. The second-order valence-electron chi connectivity index (χ2n) is 6.63. The summed E-state index contributed by atoms with van der Waals surface area (Å²) < 4.78 is 5.21. The van der Waals surface area contributed by atoms with Crippen LogP contribution in [0.4, 0.5) is 5.69 Å². The number of fused-ring (bicyclic) bond motifs is 1. The van der Waals surface area contributed by atoms with Crippen molar-refractivity contribution in [1.29, 1.82) is 0 Å². The molecule has 1 fully saturated rings. The van der Waals surface area contributed by atoms with Gasteiger partial charge in [-0.3, -0.25) is 9.59 Å². The maximum Gasteiger partial charge on any atom is 0.312 e. The van der Waals surface area contributed by atoms with Gasteiger partial charge in [-0.15, -0.1) is 0 Å². The van der Waals surface area contributed by atoms with Gasteiger partial charge in [-0.2, -0.15) is 4.98 Å². The van der Waals surface area contributed by atoms with E-state index in [0.29, 0.717) is 42.3 Å². The molecule has 2 heterocycles. The van der Waals surface area contributed by atoms with E-state index in [0.717, 1.165) is 18.7 Å². The number of carbonyl (C=O) groups excluding carboxylic acids is 1. The Morgan fingerprint density at radius 2 is 2.08 bits per heavy atom. The van der Waals surface area contributed by atoms with Crippen molar-refractivity contribution in [2.45, 2.75) is 43.9 Å². The minimum absolute atomic E-state index is 0.0712. The van der Waals surface area contributed by atoms with Crippen molar-refractivity contribution in [2.75, 3.05) is 11.4 Å². The molecule has 1 amide bonds. The van der Waals surface area contributed by atoms with Gasteiger partial charge in [0, 0.05) is 31.0 Å². The van der Waals surface area contributed by atoms with E-state index in [1.54, 1.807) is 23.1 Å². The molecule has 0 saturated heterocycles. The van der Waals surface area contributed by atoms with E-state index in [9.17, 15) is 14.7 Å². The lowest BCUT2D eigenvalue weighted by atomic mass is 10.0. The Kier molecular flexibility index (Phi) is 3.99. The van der Waals surface area contributed by atoms with Crippen LogP contribution >= 0.6 is 0 Å². The second-order valence-corrected chi connectivity index (χ2v) is 6.63. The molecule has 1 saturated carbocycles. The number of para-hydroxylation sites is 1. The van der Waals surface area contributed by atoms with Crippen molar-refractivity contribution < 1.29 is 19.2 Å². The molecular formula is C18H19N3O4. The molecule has 1 aliphatic heterocycles. The number of carboxylic acid groups (broad SMARTS) is 1. The smallest absolute Gasteiger partial charge is 0.312 e. The van der Waals surface area contributed by atoms with Crippen LogP contribution in [-0.4, -0.2) is 33.7 Å². The number of aliphatic carboxylic acids is 1. The van der Waals surface area contributed by atoms with E-state index >= 15 is 0 Å². The topological polar surface area (TPSA) is 96.5 Å². The van der Waals surface area contributed by atoms with Crippen LogP contribution in [-0.2, 0) is 16.0 Å². The third-order valence-corrected chi connectivity index (χ3v) is 4.77. The molecule has 7 heteroatoms. The second kappa shape index (κ2) is 6.31. The standard InChI is InChI=1S/C18H19N3O4/c22-16(7-3-6-15-19-17(20-25-15)11-8-9-11)21-10-13(18(23)24)12-4-1-2-5-14(12)21/h1-2,4-5,11,13H,3,6-10H2,(H,23,24). The minimum Gasteiger partial charge on any atom is -0.481 e. The van der Waals surface area contributed by atoms with Gasteiger partial charge in [0.2, 0.25) is 11.8 Å². The van der Waals surface area contributed by atoms with Gasteiger partial charge in [-0.05, 0) is 30.9 Å². The van der Waals surface area contributed by atoms with Crippen molar-refractivity contribution in [3.05, 3.63) is 41.5 Å². The zero-order chi connectivity index (χ0) is 17.4. The first-order valence-electron chi connectivity index (χ1n) is 8.58. The summed E-state index contributed by atoms with van der Waals surface area (Å²) in [6.07, 6.45) is 3.72. The highest BCUT2D eigenvalue weighted by atomic mass is 16.5. The zero-order valence-electron chi connectivity index (χ0n) is 13.7. The molecule has 1 unspecified atom stereocenters. The Balaban J connectivity index is 1.37. The molecule has 130 valence electrons. The first-order chi connectivity index (χ1) is 12.1. The molecule has 25 heavy (non-hydrogen) atoms. The SMILES string of the molecule is O=C(O)C1CN(C(=O)CCCc2nc(C3CC3)no2)c2ccccc21. The quantitative estimate of drug-likeness (QED) is 0.867. The molecule has 2 aliphatic rings. The molecule has 1 atom stereocenters. The molecule has 2 aromatic rings. The van der Waals surface area contributed by atoms with E-state index in [-0.39, 0.29) is 12.5 Å². The van der Waals surface area contributed by atoms with Crippen LogP contribution in [0, 0.1) is 0 Å². The molecule has 1 aromatic heterocycles. The van der Waals surface area contributed by atoms with Gasteiger partial charge in [-0.1, -0.05) is 23.4 Å². The van der Waals surface area contributed by atoms with Crippen LogP contribution in [0.5, 0.6) is 0 Å². The highest BCUT2D eigenvalue weighted by molar-refractivity contribution is 5.98. The number of aryl methyl sites for hydroxylation is 1. The Morgan fingerprint density at radius 1 is 1.28 bits per heavy atom. The monoisotopic (exact) mass is 341 g/mol. The van der Waals surface area contributed by atoms with Crippen LogP contribution in [0.25, 0.3) is 0 Å². The third-order valence-electron chi connectivity index (χ3n) is 4.77. The Hall–Kier alpha value is -2.70. The molecule has 0 radical (unpaired) electrons. The number of carboxylic acids is 1. The van der Waals surface area contributed by atoms with Gasteiger partial charge in [0.25, 0.3) is 0 Å². The van der Waals surface area contributed by atoms with Gasteiger partial charge < -0.3 is 14.5 Å². The molecule has 1 N–H and O–H groups in total. The summed E-state index contributed by atoms with van der Waals surface area (Å²) in [7, 11) is 0. The summed E-state index contributed by atoms with van der Waals surface area (Å²) in [5, 5.41) is 13.3. The van der Waals surface area contributed by atoms with Crippen molar-refractivity contribution in [2.24, 2.45) is 0 Å². The number of aromatic nitrogens is 2. The van der Waals surface area contributed by atoms with Gasteiger partial charge in [0.05, 0.1) is 0 Å². The number of hydrogen-bond acceptors (Lipinski definition) is 5. The van der Waals surface area contributed by atoms with Gasteiger partial charge in [-0.25, -0.2) is 0 Å². The lowest BCUT2D eigenvalue weighted by Gasteiger charge is -2.17. The molecule has 7 nitrogen and oxygen atoms in total. The minimum atomic E-state index is -0.902. The lowest BCUT2D eigenvalue weighted by molar-refractivity contribution is -0.138. The van der Waals surface area contributed by atoms with Crippen molar-refractivity contribution in [3.8, 4) is 0 Å². The highest BCUT2D eigenvalue weighted by Crippen LogP contribution is 2.38. The third kappa shape index (κ3) is 3.14. The molecule has 0 spiro atoms. The Morgan fingerprint density at radius 3 is 2.84 bits per heavy atom. The van der Waals surface area contributed by atoms with Crippen molar-refractivity contribution >= 4 is 17.6 Å². The summed E-state index contributed by atoms with van der Waals surface area (Å²) in [5.74, 6) is 0.170. The summed E-state index contributed by atoms with van der Waals surface area (Å²) in [5.41, 5.74) is 1.41. The Labute approximate surface area is 144 Å². The van der Waals surface area contributed by atoms with Crippen LogP contribution in [0.3, 0.4) is 0 Å². The zero-order valence-corrected chi connectivity index (χ0v) is 13.7. The van der Waals surface area contributed by atoms with Crippen LogP contribution < -0.4 is 4.90 Å².